The first-order chi connectivity index (χ1) is 7.22. The minimum absolute atomic E-state index is 0.202. The molecule has 0 N–H and O–H groups in total. The molecule has 0 unspecified atom stereocenters. The van der Waals surface area contributed by atoms with Crippen LogP contribution in [-0.2, 0) is 4.74 Å². The fourth-order valence-corrected chi connectivity index (χ4v) is 1.33. The zero-order chi connectivity index (χ0) is 10.8. The quantitative estimate of drug-likeness (QED) is 0.563. The van der Waals surface area contributed by atoms with Crippen molar-refractivity contribution in [3.8, 4) is 0 Å². The van der Waals surface area contributed by atoms with E-state index in [1.807, 2.05) is 0 Å². The van der Waals surface area contributed by atoms with Crippen molar-refractivity contribution in [1.82, 2.24) is 19.8 Å². The van der Waals surface area contributed by atoms with Crippen LogP contribution in [0.4, 0.5) is 0 Å². The third kappa shape index (κ3) is 1.75. The van der Waals surface area contributed by atoms with Gasteiger partial charge < -0.3 is 4.74 Å². The van der Waals surface area contributed by atoms with Crippen molar-refractivity contribution in [3.05, 3.63) is 23.1 Å². The summed E-state index contributed by atoms with van der Waals surface area (Å²) in [5.41, 5.74) is 0.620. The third-order valence-corrected chi connectivity index (χ3v) is 1.91. The van der Waals surface area contributed by atoms with E-state index < -0.39 is 5.97 Å². The zero-order valence-corrected chi connectivity index (χ0v) is 8.60. The largest absolute Gasteiger partial charge is 0.461 e. The van der Waals surface area contributed by atoms with Crippen LogP contribution < -0.4 is 0 Å². The standard InChI is InChI=1S/C8H7ClN4O2/c1-2-15-8(14)5-3-6(9)11-7-4-10-12-13(5)7/h3-4H,2H2,1H3. The van der Waals surface area contributed by atoms with Gasteiger partial charge in [0.25, 0.3) is 0 Å². The Kier molecular flexibility index (Phi) is 2.51. The van der Waals surface area contributed by atoms with E-state index >= 15 is 0 Å². The van der Waals surface area contributed by atoms with Crippen LogP contribution >= 0.6 is 11.6 Å². The molecule has 0 aliphatic carbocycles. The molecule has 2 rings (SSSR count). The summed E-state index contributed by atoms with van der Waals surface area (Å²) in [7, 11) is 0. The summed E-state index contributed by atoms with van der Waals surface area (Å²) >= 11 is 5.74. The van der Waals surface area contributed by atoms with Gasteiger partial charge in [-0.25, -0.2) is 9.78 Å². The maximum Gasteiger partial charge on any atom is 0.357 e. The van der Waals surface area contributed by atoms with Gasteiger partial charge >= 0.3 is 5.97 Å². The average molecular weight is 227 g/mol. The van der Waals surface area contributed by atoms with E-state index in [2.05, 4.69) is 15.3 Å². The van der Waals surface area contributed by atoms with Gasteiger partial charge in [-0.05, 0) is 6.92 Å². The van der Waals surface area contributed by atoms with Crippen LogP contribution in [-0.4, -0.2) is 32.4 Å². The number of esters is 1. The van der Waals surface area contributed by atoms with Gasteiger partial charge in [-0.15, -0.1) is 5.10 Å². The highest BCUT2D eigenvalue weighted by Gasteiger charge is 2.14. The van der Waals surface area contributed by atoms with E-state index in [0.717, 1.165) is 0 Å². The molecule has 2 aromatic rings. The lowest BCUT2D eigenvalue weighted by atomic mass is 10.4. The molecule has 0 saturated carbocycles. The molecule has 0 aliphatic rings. The fourth-order valence-electron chi connectivity index (χ4n) is 1.14. The maximum absolute atomic E-state index is 11.5. The summed E-state index contributed by atoms with van der Waals surface area (Å²) in [5.74, 6) is -0.503. The number of fused-ring (bicyclic) bond motifs is 1. The first-order valence-corrected chi connectivity index (χ1v) is 4.64. The predicted molar refractivity (Wildman–Crippen MR) is 51.7 cm³/mol. The number of ether oxygens (including phenoxy) is 1. The molecule has 0 bridgehead atoms. The number of carbonyl (C=O) groups excluding carboxylic acids is 1. The molecule has 15 heavy (non-hydrogen) atoms. The molecule has 0 spiro atoms. The smallest absolute Gasteiger partial charge is 0.357 e. The summed E-state index contributed by atoms with van der Waals surface area (Å²) < 4.78 is 6.13. The summed E-state index contributed by atoms with van der Waals surface area (Å²) in [6.07, 6.45) is 1.41. The number of hydrogen-bond donors (Lipinski definition) is 0. The lowest BCUT2D eigenvalue weighted by Crippen LogP contribution is -2.11. The molecule has 0 saturated heterocycles. The van der Waals surface area contributed by atoms with Crippen molar-refractivity contribution in [2.24, 2.45) is 0 Å². The van der Waals surface area contributed by atoms with E-state index in [0.29, 0.717) is 5.65 Å². The van der Waals surface area contributed by atoms with Crippen molar-refractivity contribution in [3.63, 3.8) is 0 Å². The van der Waals surface area contributed by atoms with Crippen LogP contribution in [0, 0.1) is 0 Å². The molecule has 6 nitrogen and oxygen atoms in total. The summed E-state index contributed by atoms with van der Waals surface area (Å²) in [6, 6.07) is 1.39. The Bertz CT molecular complexity index is 510. The molecule has 7 heteroatoms. The minimum Gasteiger partial charge on any atom is -0.461 e. The Morgan fingerprint density at radius 1 is 1.67 bits per heavy atom. The van der Waals surface area contributed by atoms with E-state index in [4.69, 9.17) is 16.3 Å². The molecule has 0 aromatic carbocycles. The minimum atomic E-state index is -0.503. The number of rotatable bonds is 2. The number of nitrogens with zero attached hydrogens (tertiary/aromatic N) is 4. The number of halogens is 1. The zero-order valence-electron chi connectivity index (χ0n) is 7.85. The Hall–Kier alpha value is -1.69. The number of aromatic nitrogens is 4. The number of carbonyl (C=O) groups is 1. The second-order valence-corrected chi connectivity index (χ2v) is 3.08. The van der Waals surface area contributed by atoms with E-state index in [1.165, 1.54) is 16.8 Å². The molecular formula is C8H7ClN4O2. The van der Waals surface area contributed by atoms with Gasteiger partial charge in [-0.3, -0.25) is 0 Å². The van der Waals surface area contributed by atoms with Crippen LogP contribution in [0.25, 0.3) is 5.65 Å². The summed E-state index contributed by atoms with van der Waals surface area (Å²) in [5, 5.41) is 7.54. The molecule has 0 amide bonds. The molecule has 78 valence electrons. The Balaban J connectivity index is 2.57. The van der Waals surface area contributed by atoms with Gasteiger partial charge in [0.05, 0.1) is 12.8 Å². The Morgan fingerprint density at radius 2 is 2.47 bits per heavy atom. The van der Waals surface area contributed by atoms with E-state index in [9.17, 15) is 4.79 Å². The topological polar surface area (TPSA) is 69.4 Å². The highest BCUT2D eigenvalue weighted by atomic mass is 35.5. The first kappa shape index (κ1) is 9.85. The first-order valence-electron chi connectivity index (χ1n) is 4.26. The van der Waals surface area contributed by atoms with Gasteiger partial charge in [0.2, 0.25) is 0 Å². The van der Waals surface area contributed by atoms with Gasteiger partial charge in [-0.1, -0.05) is 16.8 Å². The van der Waals surface area contributed by atoms with Gasteiger partial charge in [0.15, 0.2) is 11.3 Å². The molecule has 2 heterocycles. The number of hydrogen-bond acceptors (Lipinski definition) is 5. The fraction of sp³-hybridized carbons (Fsp3) is 0.250. The van der Waals surface area contributed by atoms with Crippen molar-refractivity contribution in [2.45, 2.75) is 6.92 Å². The molecule has 0 aliphatic heterocycles. The summed E-state index contributed by atoms with van der Waals surface area (Å²) in [6.45, 7) is 2.01. The average Bonchev–Trinajstić information content (AvgIpc) is 2.64. The predicted octanol–water partition coefficient (Wildman–Crippen LogP) is 0.954. The molecular weight excluding hydrogens is 220 g/mol. The summed E-state index contributed by atoms with van der Waals surface area (Å²) in [4.78, 5) is 15.4. The van der Waals surface area contributed by atoms with Gasteiger partial charge in [0.1, 0.15) is 5.15 Å². The third-order valence-electron chi connectivity index (χ3n) is 1.72. The van der Waals surface area contributed by atoms with Crippen molar-refractivity contribution >= 4 is 23.2 Å². The van der Waals surface area contributed by atoms with Crippen LogP contribution in [0.5, 0.6) is 0 Å². The van der Waals surface area contributed by atoms with Crippen LogP contribution in [0.15, 0.2) is 12.3 Å². The normalized spacial score (nSPS) is 10.5. The molecule has 0 radical (unpaired) electrons. The van der Waals surface area contributed by atoms with Crippen molar-refractivity contribution in [1.29, 1.82) is 0 Å². The van der Waals surface area contributed by atoms with Crippen LogP contribution in [0.3, 0.4) is 0 Å². The Morgan fingerprint density at radius 3 is 3.20 bits per heavy atom. The second-order valence-electron chi connectivity index (χ2n) is 2.69. The van der Waals surface area contributed by atoms with E-state index in [-0.39, 0.29) is 17.5 Å². The van der Waals surface area contributed by atoms with Crippen LogP contribution in [0.2, 0.25) is 5.15 Å². The SMILES string of the molecule is CCOC(=O)c1cc(Cl)nc2cnnn12. The lowest BCUT2D eigenvalue weighted by molar-refractivity contribution is 0.0515. The highest BCUT2D eigenvalue weighted by Crippen LogP contribution is 2.11. The van der Waals surface area contributed by atoms with Gasteiger partial charge in [0, 0.05) is 6.07 Å². The van der Waals surface area contributed by atoms with Gasteiger partial charge in [-0.2, -0.15) is 4.52 Å². The molecule has 0 fully saturated rings. The molecule has 0 atom stereocenters. The monoisotopic (exact) mass is 226 g/mol. The van der Waals surface area contributed by atoms with Crippen LogP contribution in [0.1, 0.15) is 17.4 Å². The second kappa shape index (κ2) is 3.82. The van der Waals surface area contributed by atoms with E-state index in [1.54, 1.807) is 6.92 Å². The maximum atomic E-state index is 11.5. The lowest BCUT2D eigenvalue weighted by Gasteiger charge is -2.03. The van der Waals surface area contributed by atoms with Crippen molar-refractivity contribution < 1.29 is 9.53 Å². The highest BCUT2D eigenvalue weighted by molar-refractivity contribution is 6.29. The Labute approximate surface area is 89.8 Å². The molecule has 2 aromatic heterocycles. The van der Waals surface area contributed by atoms with Crippen molar-refractivity contribution in [2.75, 3.05) is 6.61 Å².